The van der Waals surface area contributed by atoms with Crippen molar-refractivity contribution in [1.82, 2.24) is 0 Å². The highest BCUT2D eigenvalue weighted by molar-refractivity contribution is 7.92. The summed E-state index contributed by atoms with van der Waals surface area (Å²) in [6.45, 7) is 1.21. The minimum Gasteiger partial charge on any atom is -0.324 e. The third-order valence-electron chi connectivity index (χ3n) is 3.84. The predicted molar refractivity (Wildman–Crippen MR) is 100.0 cm³/mol. The van der Waals surface area contributed by atoms with Crippen LogP contribution in [0.1, 0.15) is 12.5 Å². The van der Waals surface area contributed by atoms with Gasteiger partial charge in [0.15, 0.2) is 0 Å². The molecule has 1 amide bonds. The molecule has 0 aliphatic rings. The van der Waals surface area contributed by atoms with Crippen molar-refractivity contribution in [3.05, 3.63) is 64.2 Å². The van der Waals surface area contributed by atoms with Crippen LogP contribution in [0.4, 0.5) is 30.2 Å². The molecule has 0 aromatic heterocycles. The minimum atomic E-state index is -4.62. The maximum atomic E-state index is 12.8. The summed E-state index contributed by atoms with van der Waals surface area (Å²) >= 11 is 0. The molecule has 0 aliphatic heterocycles. The van der Waals surface area contributed by atoms with E-state index in [1.807, 2.05) is 0 Å². The first-order valence-electron chi connectivity index (χ1n) is 8.02. The lowest BCUT2D eigenvalue weighted by molar-refractivity contribution is -0.384. The summed E-state index contributed by atoms with van der Waals surface area (Å²) in [4.78, 5) is 22.7. The van der Waals surface area contributed by atoms with Crippen LogP contribution in [-0.2, 0) is 21.0 Å². The van der Waals surface area contributed by atoms with Gasteiger partial charge in [-0.3, -0.25) is 19.2 Å². The first-order chi connectivity index (χ1) is 13.3. The van der Waals surface area contributed by atoms with Gasteiger partial charge in [-0.15, -0.1) is 0 Å². The molecule has 1 unspecified atom stereocenters. The Morgan fingerprint density at radius 2 is 1.79 bits per heavy atom. The summed E-state index contributed by atoms with van der Waals surface area (Å²) < 4.78 is 63.6. The molecule has 2 aromatic rings. The number of nitrogens with one attached hydrogen (secondary N) is 1. The summed E-state index contributed by atoms with van der Waals surface area (Å²) in [6.07, 6.45) is -3.81. The van der Waals surface area contributed by atoms with Crippen LogP contribution in [0.15, 0.2) is 48.5 Å². The van der Waals surface area contributed by atoms with E-state index in [2.05, 4.69) is 5.32 Å². The van der Waals surface area contributed by atoms with Gasteiger partial charge < -0.3 is 5.32 Å². The Bertz CT molecular complexity index is 1040. The smallest absolute Gasteiger partial charge is 0.324 e. The Kier molecular flexibility index (Phi) is 6.16. The van der Waals surface area contributed by atoms with E-state index in [4.69, 9.17) is 0 Å². The average molecular weight is 431 g/mol. The molecule has 29 heavy (non-hydrogen) atoms. The van der Waals surface area contributed by atoms with E-state index in [9.17, 15) is 36.5 Å². The van der Waals surface area contributed by atoms with Crippen molar-refractivity contribution < 1.29 is 31.3 Å². The van der Waals surface area contributed by atoms with Crippen LogP contribution in [0, 0.1) is 10.1 Å². The van der Waals surface area contributed by atoms with Gasteiger partial charge in [0.2, 0.25) is 15.9 Å². The topological polar surface area (TPSA) is 110 Å². The van der Waals surface area contributed by atoms with Crippen LogP contribution in [0.5, 0.6) is 0 Å². The quantitative estimate of drug-likeness (QED) is 0.557. The molecule has 0 fully saturated rings. The van der Waals surface area contributed by atoms with Gasteiger partial charge in [-0.05, 0) is 31.2 Å². The largest absolute Gasteiger partial charge is 0.416 e. The van der Waals surface area contributed by atoms with Crippen molar-refractivity contribution in [2.75, 3.05) is 15.9 Å². The number of hydrogen-bond acceptors (Lipinski definition) is 5. The van der Waals surface area contributed by atoms with Gasteiger partial charge in [0.1, 0.15) is 6.04 Å². The zero-order chi connectivity index (χ0) is 22.0. The fraction of sp³-hybridized carbons (Fsp3) is 0.235. The van der Waals surface area contributed by atoms with Crippen LogP contribution in [0.3, 0.4) is 0 Å². The molecule has 0 aliphatic carbocycles. The van der Waals surface area contributed by atoms with Crippen molar-refractivity contribution in [2.24, 2.45) is 0 Å². The summed E-state index contributed by atoms with van der Waals surface area (Å²) in [5, 5.41) is 13.2. The highest BCUT2D eigenvalue weighted by Crippen LogP contribution is 2.31. The molecule has 2 rings (SSSR count). The molecule has 1 N–H and O–H groups in total. The third kappa shape index (κ3) is 5.44. The van der Waals surface area contributed by atoms with Crippen molar-refractivity contribution in [3.63, 3.8) is 0 Å². The number of carbonyl (C=O) groups is 1. The van der Waals surface area contributed by atoms with E-state index in [-0.39, 0.29) is 17.1 Å². The molecular formula is C17H16F3N3O5S. The number of hydrogen-bond donors (Lipinski definition) is 1. The van der Waals surface area contributed by atoms with E-state index < -0.39 is 38.6 Å². The molecule has 8 nitrogen and oxygen atoms in total. The predicted octanol–water partition coefficient (Wildman–Crippen LogP) is 3.41. The zero-order valence-electron chi connectivity index (χ0n) is 15.2. The standard InChI is InChI=1S/C17H16F3N3O5S/c1-11(16(24)21-13-6-3-5-12(9-13)17(18,19)20)22(29(2,27)28)14-7-4-8-15(10-14)23(25)26/h3-11H,1-2H3,(H,21,24). The Morgan fingerprint density at radius 3 is 2.34 bits per heavy atom. The highest BCUT2D eigenvalue weighted by atomic mass is 32.2. The lowest BCUT2D eigenvalue weighted by Gasteiger charge is -2.28. The molecule has 0 heterocycles. The molecular weight excluding hydrogens is 415 g/mol. The van der Waals surface area contributed by atoms with Crippen molar-refractivity contribution in [1.29, 1.82) is 0 Å². The van der Waals surface area contributed by atoms with Gasteiger partial charge in [0.25, 0.3) is 5.69 Å². The lowest BCUT2D eigenvalue weighted by atomic mass is 10.2. The van der Waals surface area contributed by atoms with Crippen LogP contribution >= 0.6 is 0 Å². The fourth-order valence-electron chi connectivity index (χ4n) is 2.57. The summed E-state index contributed by atoms with van der Waals surface area (Å²) in [5.41, 5.74) is -1.68. The number of benzene rings is 2. The number of alkyl halides is 3. The zero-order valence-corrected chi connectivity index (χ0v) is 16.0. The molecule has 2 aromatic carbocycles. The summed E-state index contributed by atoms with van der Waals surface area (Å²) in [6, 6.07) is 7.10. The molecule has 0 bridgehead atoms. The van der Waals surface area contributed by atoms with E-state index in [1.54, 1.807) is 0 Å². The Labute approximate surface area is 164 Å². The van der Waals surface area contributed by atoms with Gasteiger partial charge in [0, 0.05) is 17.8 Å². The van der Waals surface area contributed by atoms with Crippen molar-refractivity contribution in [3.8, 4) is 0 Å². The number of halogens is 3. The second-order valence-electron chi connectivity index (χ2n) is 6.08. The number of nitro groups is 1. The molecule has 12 heteroatoms. The van der Waals surface area contributed by atoms with Crippen LogP contribution < -0.4 is 9.62 Å². The number of non-ortho nitro benzene ring substituents is 1. The number of sulfonamides is 1. The molecule has 0 radical (unpaired) electrons. The molecule has 0 saturated carbocycles. The van der Waals surface area contributed by atoms with E-state index in [0.717, 1.165) is 30.5 Å². The van der Waals surface area contributed by atoms with Crippen LogP contribution in [0.2, 0.25) is 0 Å². The second-order valence-corrected chi connectivity index (χ2v) is 7.94. The highest BCUT2D eigenvalue weighted by Gasteiger charge is 2.32. The monoisotopic (exact) mass is 431 g/mol. The van der Waals surface area contributed by atoms with Gasteiger partial charge in [-0.25, -0.2) is 8.42 Å². The van der Waals surface area contributed by atoms with Gasteiger partial charge in [-0.1, -0.05) is 12.1 Å². The van der Waals surface area contributed by atoms with Crippen LogP contribution in [0.25, 0.3) is 0 Å². The van der Waals surface area contributed by atoms with E-state index in [1.165, 1.54) is 25.1 Å². The number of carbonyl (C=O) groups excluding carboxylic acids is 1. The maximum Gasteiger partial charge on any atom is 0.416 e. The average Bonchev–Trinajstić information content (AvgIpc) is 2.60. The Balaban J connectivity index is 2.35. The number of nitrogens with zero attached hydrogens (tertiary/aromatic N) is 2. The fourth-order valence-corrected chi connectivity index (χ4v) is 3.74. The molecule has 156 valence electrons. The van der Waals surface area contributed by atoms with Crippen molar-refractivity contribution >= 4 is 33.0 Å². The maximum absolute atomic E-state index is 12.8. The SMILES string of the molecule is CC(C(=O)Nc1cccc(C(F)(F)F)c1)N(c1cccc([N+](=O)[O-])c1)S(C)(=O)=O. The summed E-state index contributed by atoms with van der Waals surface area (Å²) in [5.74, 6) is -0.916. The Hall–Kier alpha value is -3.15. The first-order valence-corrected chi connectivity index (χ1v) is 9.87. The molecule has 0 saturated heterocycles. The third-order valence-corrected chi connectivity index (χ3v) is 5.08. The number of amides is 1. The summed E-state index contributed by atoms with van der Waals surface area (Å²) in [7, 11) is -4.06. The first kappa shape index (κ1) is 22.1. The normalized spacial score (nSPS) is 12.9. The molecule has 0 spiro atoms. The number of nitro benzene ring substituents is 1. The van der Waals surface area contributed by atoms with Crippen molar-refractivity contribution in [2.45, 2.75) is 19.1 Å². The van der Waals surface area contributed by atoms with Gasteiger partial charge in [0.05, 0.1) is 22.4 Å². The van der Waals surface area contributed by atoms with E-state index in [0.29, 0.717) is 10.4 Å². The van der Waals surface area contributed by atoms with Gasteiger partial charge in [-0.2, -0.15) is 13.2 Å². The number of rotatable bonds is 6. The minimum absolute atomic E-state index is 0.131. The molecule has 1 atom stereocenters. The number of anilines is 2. The Morgan fingerprint density at radius 1 is 1.17 bits per heavy atom. The van der Waals surface area contributed by atoms with Crippen LogP contribution in [-0.4, -0.2) is 31.5 Å². The lowest BCUT2D eigenvalue weighted by Crippen LogP contribution is -2.45. The van der Waals surface area contributed by atoms with Gasteiger partial charge >= 0.3 is 6.18 Å². The second kappa shape index (κ2) is 8.07. The van der Waals surface area contributed by atoms with E-state index >= 15 is 0 Å².